The molecular formula is C14H17NO2. The van der Waals surface area contributed by atoms with Crippen molar-refractivity contribution in [1.29, 1.82) is 0 Å². The predicted octanol–water partition coefficient (Wildman–Crippen LogP) is 3.62. The van der Waals surface area contributed by atoms with E-state index in [0.717, 1.165) is 23.4 Å². The molecule has 1 aromatic carbocycles. The van der Waals surface area contributed by atoms with Crippen molar-refractivity contribution in [3.05, 3.63) is 29.7 Å². The smallest absolute Gasteiger partial charge is 0.195 e. The van der Waals surface area contributed by atoms with E-state index in [2.05, 4.69) is 18.8 Å². The fourth-order valence-corrected chi connectivity index (χ4v) is 1.79. The van der Waals surface area contributed by atoms with E-state index in [0.29, 0.717) is 17.9 Å². The van der Waals surface area contributed by atoms with Crippen molar-refractivity contribution in [2.75, 3.05) is 0 Å². The van der Waals surface area contributed by atoms with Gasteiger partial charge in [0, 0.05) is 18.4 Å². The van der Waals surface area contributed by atoms with E-state index in [1.165, 1.54) is 0 Å². The Bertz CT molecular complexity index is 540. The molecular weight excluding hydrogens is 214 g/mol. The molecule has 0 spiro atoms. The van der Waals surface area contributed by atoms with Gasteiger partial charge in [0.15, 0.2) is 17.3 Å². The molecule has 0 bridgehead atoms. The maximum atomic E-state index is 11.6. The molecule has 0 unspecified atom stereocenters. The number of benzene rings is 1. The van der Waals surface area contributed by atoms with Gasteiger partial charge in [-0.25, -0.2) is 4.98 Å². The number of Topliss-reactive ketones (excluding diaryl/α,β-unsaturated/α-hetero) is 1. The Hall–Kier alpha value is -1.64. The molecule has 0 aliphatic heterocycles. The zero-order chi connectivity index (χ0) is 12.4. The van der Waals surface area contributed by atoms with Gasteiger partial charge in [-0.3, -0.25) is 4.79 Å². The Labute approximate surface area is 101 Å². The fourth-order valence-electron chi connectivity index (χ4n) is 1.79. The summed E-state index contributed by atoms with van der Waals surface area (Å²) in [5.74, 6) is 1.40. The van der Waals surface area contributed by atoms with Crippen molar-refractivity contribution >= 4 is 16.9 Å². The van der Waals surface area contributed by atoms with E-state index < -0.39 is 0 Å². The van der Waals surface area contributed by atoms with Crippen LogP contribution in [-0.2, 0) is 6.42 Å². The van der Waals surface area contributed by atoms with Crippen molar-refractivity contribution < 1.29 is 9.21 Å². The molecule has 0 saturated heterocycles. The van der Waals surface area contributed by atoms with Gasteiger partial charge in [-0.1, -0.05) is 20.8 Å². The Balaban J connectivity index is 2.37. The van der Waals surface area contributed by atoms with Gasteiger partial charge in [0.25, 0.3) is 0 Å². The highest BCUT2D eigenvalue weighted by Gasteiger charge is 2.10. The van der Waals surface area contributed by atoms with Gasteiger partial charge in [0.2, 0.25) is 0 Å². The van der Waals surface area contributed by atoms with E-state index in [4.69, 9.17) is 4.42 Å². The first-order valence-electron chi connectivity index (χ1n) is 6.02. The fraction of sp³-hybridized carbons (Fsp3) is 0.429. The summed E-state index contributed by atoms with van der Waals surface area (Å²) >= 11 is 0. The first-order valence-corrected chi connectivity index (χ1v) is 6.02. The minimum atomic E-state index is 0.139. The van der Waals surface area contributed by atoms with Crippen LogP contribution in [0.2, 0.25) is 0 Å². The van der Waals surface area contributed by atoms with E-state index in [-0.39, 0.29) is 5.78 Å². The van der Waals surface area contributed by atoms with E-state index in [9.17, 15) is 4.79 Å². The maximum absolute atomic E-state index is 11.6. The SMILES string of the molecule is CCC(=O)c1ccc2oc(CC(C)C)nc2c1. The summed E-state index contributed by atoms with van der Waals surface area (Å²) in [6, 6.07) is 5.45. The van der Waals surface area contributed by atoms with Crippen LogP contribution in [0.1, 0.15) is 43.4 Å². The summed E-state index contributed by atoms with van der Waals surface area (Å²) in [7, 11) is 0. The van der Waals surface area contributed by atoms with Gasteiger partial charge in [-0.05, 0) is 24.1 Å². The molecule has 1 aromatic heterocycles. The van der Waals surface area contributed by atoms with Gasteiger partial charge in [-0.15, -0.1) is 0 Å². The number of hydrogen-bond acceptors (Lipinski definition) is 3. The largest absolute Gasteiger partial charge is 0.441 e. The zero-order valence-corrected chi connectivity index (χ0v) is 10.5. The van der Waals surface area contributed by atoms with Crippen LogP contribution in [0.15, 0.2) is 22.6 Å². The predicted molar refractivity (Wildman–Crippen MR) is 67.2 cm³/mol. The maximum Gasteiger partial charge on any atom is 0.195 e. The average Bonchev–Trinajstić information content (AvgIpc) is 2.67. The molecule has 0 N–H and O–H groups in total. The monoisotopic (exact) mass is 231 g/mol. The summed E-state index contributed by atoms with van der Waals surface area (Å²) in [6.07, 6.45) is 1.34. The third-order valence-corrected chi connectivity index (χ3v) is 2.66. The third-order valence-electron chi connectivity index (χ3n) is 2.66. The standard InChI is InChI=1S/C14H17NO2/c1-4-12(16)10-5-6-13-11(8-10)15-14(17-13)7-9(2)3/h5-6,8-9H,4,7H2,1-3H3. The number of aromatic nitrogens is 1. The highest BCUT2D eigenvalue weighted by Crippen LogP contribution is 2.19. The van der Waals surface area contributed by atoms with Gasteiger partial charge in [0.1, 0.15) is 5.52 Å². The summed E-state index contributed by atoms with van der Waals surface area (Å²) in [6.45, 7) is 6.11. The first kappa shape index (κ1) is 11.8. The van der Waals surface area contributed by atoms with Crippen molar-refractivity contribution in [3.63, 3.8) is 0 Å². The van der Waals surface area contributed by atoms with Crippen molar-refractivity contribution in [1.82, 2.24) is 4.98 Å². The molecule has 17 heavy (non-hydrogen) atoms. The second-order valence-corrected chi connectivity index (χ2v) is 4.66. The number of rotatable bonds is 4. The van der Waals surface area contributed by atoms with Crippen molar-refractivity contribution in [2.45, 2.75) is 33.6 Å². The van der Waals surface area contributed by atoms with Gasteiger partial charge < -0.3 is 4.42 Å². The first-order chi connectivity index (χ1) is 8.10. The molecule has 0 aliphatic rings. The van der Waals surface area contributed by atoms with Crippen LogP contribution in [-0.4, -0.2) is 10.8 Å². The molecule has 1 heterocycles. The Morgan fingerprint density at radius 2 is 2.18 bits per heavy atom. The van der Waals surface area contributed by atoms with E-state index in [1.54, 1.807) is 6.07 Å². The molecule has 0 saturated carbocycles. The number of oxazole rings is 1. The highest BCUT2D eigenvalue weighted by atomic mass is 16.3. The summed E-state index contributed by atoms with van der Waals surface area (Å²) < 4.78 is 5.62. The Kier molecular flexibility index (Phi) is 3.27. The minimum absolute atomic E-state index is 0.139. The van der Waals surface area contributed by atoms with Gasteiger partial charge >= 0.3 is 0 Å². The molecule has 3 heteroatoms. The van der Waals surface area contributed by atoms with E-state index in [1.807, 2.05) is 19.1 Å². The molecule has 0 aliphatic carbocycles. The normalized spacial score (nSPS) is 11.3. The van der Waals surface area contributed by atoms with Gasteiger partial charge in [0.05, 0.1) is 0 Å². The number of hydrogen-bond donors (Lipinski definition) is 0. The number of fused-ring (bicyclic) bond motifs is 1. The lowest BCUT2D eigenvalue weighted by Crippen LogP contribution is -1.95. The molecule has 0 fully saturated rings. The van der Waals surface area contributed by atoms with Crippen LogP contribution in [0.25, 0.3) is 11.1 Å². The van der Waals surface area contributed by atoms with Crippen LogP contribution < -0.4 is 0 Å². The van der Waals surface area contributed by atoms with Crippen LogP contribution in [0, 0.1) is 5.92 Å². The number of ketones is 1. The molecule has 0 amide bonds. The van der Waals surface area contributed by atoms with Crippen LogP contribution in [0.3, 0.4) is 0 Å². The molecule has 2 aromatic rings. The number of carbonyl (C=O) groups excluding carboxylic acids is 1. The second-order valence-electron chi connectivity index (χ2n) is 4.66. The molecule has 0 atom stereocenters. The Morgan fingerprint density at radius 1 is 1.41 bits per heavy atom. The summed E-state index contributed by atoms with van der Waals surface area (Å²) in [4.78, 5) is 16.0. The summed E-state index contributed by atoms with van der Waals surface area (Å²) in [5.41, 5.74) is 2.25. The number of carbonyl (C=O) groups is 1. The van der Waals surface area contributed by atoms with Gasteiger partial charge in [-0.2, -0.15) is 0 Å². The molecule has 3 nitrogen and oxygen atoms in total. The average molecular weight is 231 g/mol. The lowest BCUT2D eigenvalue weighted by molar-refractivity contribution is 0.0988. The number of nitrogens with zero attached hydrogens (tertiary/aromatic N) is 1. The highest BCUT2D eigenvalue weighted by molar-refractivity contribution is 5.98. The minimum Gasteiger partial charge on any atom is -0.441 e. The van der Waals surface area contributed by atoms with Crippen LogP contribution in [0.5, 0.6) is 0 Å². The molecule has 0 radical (unpaired) electrons. The topological polar surface area (TPSA) is 43.1 Å². The van der Waals surface area contributed by atoms with Crippen molar-refractivity contribution in [3.8, 4) is 0 Å². The Morgan fingerprint density at radius 3 is 2.82 bits per heavy atom. The quantitative estimate of drug-likeness (QED) is 0.755. The van der Waals surface area contributed by atoms with Crippen LogP contribution >= 0.6 is 0 Å². The zero-order valence-electron chi connectivity index (χ0n) is 10.5. The molecule has 90 valence electrons. The summed E-state index contributed by atoms with van der Waals surface area (Å²) in [5, 5.41) is 0. The second kappa shape index (κ2) is 4.70. The third kappa shape index (κ3) is 2.54. The molecule has 2 rings (SSSR count). The lowest BCUT2D eigenvalue weighted by Gasteiger charge is -1.96. The lowest BCUT2D eigenvalue weighted by atomic mass is 10.1. The van der Waals surface area contributed by atoms with Crippen molar-refractivity contribution in [2.24, 2.45) is 5.92 Å². The van der Waals surface area contributed by atoms with Crippen LogP contribution in [0.4, 0.5) is 0 Å². The van der Waals surface area contributed by atoms with E-state index >= 15 is 0 Å².